The lowest BCUT2D eigenvalue weighted by atomic mass is 10.1. The van der Waals surface area contributed by atoms with Crippen LogP contribution in [0.15, 0.2) is 30.5 Å². The Bertz CT molecular complexity index is 620. The summed E-state index contributed by atoms with van der Waals surface area (Å²) in [6, 6.07) is 7.76. The lowest BCUT2D eigenvalue weighted by molar-refractivity contribution is 0.0946. The Labute approximate surface area is 124 Å². The average molecular weight is 287 g/mol. The maximum atomic E-state index is 11.8. The molecule has 0 spiro atoms. The minimum Gasteiger partial charge on any atom is -0.471 e. The molecule has 21 heavy (non-hydrogen) atoms. The van der Waals surface area contributed by atoms with E-state index in [1.165, 1.54) is 0 Å². The third-order valence-electron chi connectivity index (χ3n) is 3.10. The fourth-order valence-corrected chi connectivity index (χ4v) is 1.88. The van der Waals surface area contributed by atoms with E-state index in [-0.39, 0.29) is 12.6 Å². The van der Waals surface area contributed by atoms with Crippen LogP contribution in [0.25, 0.3) is 0 Å². The number of hydrogen-bond acceptors (Lipinski definition) is 3. The first-order valence-electron chi connectivity index (χ1n) is 7.12. The van der Waals surface area contributed by atoms with Crippen molar-refractivity contribution in [2.75, 3.05) is 6.54 Å². The summed E-state index contributed by atoms with van der Waals surface area (Å²) in [5.74, 6) is 0.685. The largest absolute Gasteiger partial charge is 0.471 e. The van der Waals surface area contributed by atoms with Gasteiger partial charge in [0.05, 0.1) is 0 Å². The van der Waals surface area contributed by atoms with E-state index >= 15 is 0 Å². The third-order valence-corrected chi connectivity index (χ3v) is 3.10. The molecule has 0 saturated carbocycles. The average Bonchev–Trinajstić information content (AvgIpc) is 2.94. The Kier molecular flexibility index (Phi) is 4.98. The lowest BCUT2D eigenvalue weighted by Gasteiger charge is -2.09. The normalized spacial score (nSPS) is 10.4. The van der Waals surface area contributed by atoms with Gasteiger partial charge in [0.2, 0.25) is 0 Å². The summed E-state index contributed by atoms with van der Waals surface area (Å²) < 4.78 is 7.36. The summed E-state index contributed by atoms with van der Waals surface area (Å²) >= 11 is 0. The highest BCUT2D eigenvalue weighted by atomic mass is 16.5. The number of rotatable bonds is 6. The molecule has 2 rings (SSSR count). The number of carbonyl (C=O) groups excluding carboxylic acids is 1. The fourth-order valence-electron chi connectivity index (χ4n) is 1.88. The fraction of sp³-hybridized carbons (Fsp3) is 0.375. The SMILES string of the molecule is CCCNC(=O)c1ccn(COc2cc(C)ccc2C)n1. The van der Waals surface area contributed by atoms with Crippen molar-refractivity contribution in [3.8, 4) is 5.75 Å². The van der Waals surface area contributed by atoms with Crippen molar-refractivity contribution in [1.29, 1.82) is 0 Å². The van der Waals surface area contributed by atoms with E-state index in [0.29, 0.717) is 12.2 Å². The van der Waals surface area contributed by atoms with Crippen LogP contribution in [0.5, 0.6) is 5.75 Å². The van der Waals surface area contributed by atoms with Gasteiger partial charge >= 0.3 is 0 Å². The van der Waals surface area contributed by atoms with Gasteiger partial charge in [-0.25, -0.2) is 4.68 Å². The highest BCUT2D eigenvalue weighted by molar-refractivity contribution is 5.92. The second-order valence-corrected chi connectivity index (χ2v) is 5.04. The Hall–Kier alpha value is -2.30. The predicted molar refractivity (Wildman–Crippen MR) is 81.4 cm³/mol. The Morgan fingerprint density at radius 3 is 2.90 bits per heavy atom. The van der Waals surface area contributed by atoms with Gasteiger partial charge in [-0.1, -0.05) is 19.1 Å². The van der Waals surface area contributed by atoms with Crippen molar-refractivity contribution >= 4 is 5.91 Å². The number of benzene rings is 1. The zero-order chi connectivity index (χ0) is 15.2. The third kappa shape index (κ3) is 4.08. The number of aryl methyl sites for hydroxylation is 2. The van der Waals surface area contributed by atoms with Gasteiger partial charge in [0, 0.05) is 12.7 Å². The van der Waals surface area contributed by atoms with Crippen LogP contribution in [-0.2, 0) is 6.73 Å². The summed E-state index contributed by atoms with van der Waals surface area (Å²) in [5, 5.41) is 7.01. The molecule has 0 atom stereocenters. The molecule has 0 unspecified atom stereocenters. The molecular weight excluding hydrogens is 266 g/mol. The van der Waals surface area contributed by atoms with Crippen LogP contribution in [0.3, 0.4) is 0 Å². The topological polar surface area (TPSA) is 56.2 Å². The van der Waals surface area contributed by atoms with Crippen molar-refractivity contribution in [2.45, 2.75) is 33.9 Å². The van der Waals surface area contributed by atoms with Crippen LogP contribution in [0.1, 0.15) is 35.0 Å². The van der Waals surface area contributed by atoms with Crippen molar-refractivity contribution in [3.63, 3.8) is 0 Å². The molecule has 1 aromatic carbocycles. The maximum Gasteiger partial charge on any atom is 0.271 e. The number of nitrogens with zero attached hydrogens (tertiary/aromatic N) is 2. The molecule has 2 aromatic rings. The van der Waals surface area contributed by atoms with Gasteiger partial charge in [0.15, 0.2) is 6.73 Å². The van der Waals surface area contributed by atoms with Gasteiger partial charge in [-0.2, -0.15) is 5.10 Å². The predicted octanol–water partition coefficient (Wildman–Crippen LogP) is 2.68. The Morgan fingerprint density at radius 2 is 2.14 bits per heavy atom. The summed E-state index contributed by atoms with van der Waals surface area (Å²) in [4.78, 5) is 11.8. The minimum atomic E-state index is -0.151. The summed E-state index contributed by atoms with van der Waals surface area (Å²) in [6.07, 6.45) is 2.65. The number of ether oxygens (including phenoxy) is 1. The zero-order valence-corrected chi connectivity index (χ0v) is 12.7. The maximum absolute atomic E-state index is 11.8. The monoisotopic (exact) mass is 287 g/mol. The molecule has 112 valence electrons. The van der Waals surface area contributed by atoms with E-state index in [9.17, 15) is 4.79 Å². The van der Waals surface area contributed by atoms with Crippen molar-refractivity contribution in [3.05, 3.63) is 47.3 Å². The van der Waals surface area contributed by atoms with Crippen molar-refractivity contribution in [1.82, 2.24) is 15.1 Å². The van der Waals surface area contributed by atoms with Crippen LogP contribution in [0, 0.1) is 13.8 Å². The molecule has 5 nitrogen and oxygen atoms in total. The molecule has 0 fully saturated rings. The first kappa shape index (κ1) is 15.1. The molecule has 0 radical (unpaired) electrons. The summed E-state index contributed by atoms with van der Waals surface area (Å²) in [7, 11) is 0. The van der Waals surface area contributed by atoms with Gasteiger partial charge in [0.1, 0.15) is 11.4 Å². The molecule has 0 saturated heterocycles. The van der Waals surface area contributed by atoms with E-state index in [1.807, 2.05) is 39.0 Å². The molecule has 1 amide bonds. The van der Waals surface area contributed by atoms with Gasteiger partial charge in [-0.15, -0.1) is 0 Å². The first-order chi connectivity index (χ1) is 10.1. The highest BCUT2D eigenvalue weighted by Crippen LogP contribution is 2.19. The Morgan fingerprint density at radius 1 is 1.33 bits per heavy atom. The molecule has 0 aliphatic heterocycles. The summed E-state index contributed by atoms with van der Waals surface area (Å²) in [6.45, 7) is 6.98. The second-order valence-electron chi connectivity index (χ2n) is 5.04. The number of aromatic nitrogens is 2. The number of amides is 1. The number of carbonyl (C=O) groups is 1. The molecule has 1 heterocycles. The smallest absolute Gasteiger partial charge is 0.271 e. The molecule has 1 aromatic heterocycles. The minimum absolute atomic E-state index is 0.151. The van der Waals surface area contributed by atoms with Gasteiger partial charge in [-0.3, -0.25) is 4.79 Å². The van der Waals surface area contributed by atoms with Gasteiger partial charge < -0.3 is 10.1 Å². The van der Waals surface area contributed by atoms with Crippen LogP contribution in [0.2, 0.25) is 0 Å². The summed E-state index contributed by atoms with van der Waals surface area (Å²) in [5.41, 5.74) is 2.64. The van der Waals surface area contributed by atoms with E-state index in [0.717, 1.165) is 23.3 Å². The lowest BCUT2D eigenvalue weighted by Crippen LogP contribution is -2.24. The highest BCUT2D eigenvalue weighted by Gasteiger charge is 2.08. The van der Waals surface area contributed by atoms with Crippen LogP contribution in [-0.4, -0.2) is 22.2 Å². The van der Waals surface area contributed by atoms with Crippen molar-refractivity contribution < 1.29 is 9.53 Å². The Balaban J connectivity index is 1.96. The van der Waals surface area contributed by atoms with E-state index in [2.05, 4.69) is 10.4 Å². The number of nitrogens with one attached hydrogen (secondary N) is 1. The van der Waals surface area contributed by atoms with Crippen molar-refractivity contribution in [2.24, 2.45) is 0 Å². The molecule has 0 aliphatic rings. The molecular formula is C16H21N3O2. The number of hydrogen-bond donors (Lipinski definition) is 1. The van der Waals surface area contributed by atoms with Crippen LogP contribution >= 0.6 is 0 Å². The quantitative estimate of drug-likeness (QED) is 0.888. The van der Waals surface area contributed by atoms with Crippen LogP contribution in [0.4, 0.5) is 0 Å². The van der Waals surface area contributed by atoms with Gasteiger partial charge in [-0.05, 0) is 43.5 Å². The second kappa shape index (κ2) is 6.92. The van der Waals surface area contributed by atoms with Gasteiger partial charge in [0.25, 0.3) is 5.91 Å². The van der Waals surface area contributed by atoms with Crippen LogP contribution < -0.4 is 10.1 Å². The molecule has 0 aliphatic carbocycles. The molecule has 5 heteroatoms. The first-order valence-corrected chi connectivity index (χ1v) is 7.12. The standard InChI is InChI=1S/C16H21N3O2/c1-4-8-17-16(20)14-7-9-19(18-14)11-21-15-10-12(2)5-6-13(15)3/h5-7,9-10H,4,8,11H2,1-3H3,(H,17,20). The van der Waals surface area contributed by atoms with E-state index in [1.54, 1.807) is 16.9 Å². The van der Waals surface area contributed by atoms with E-state index < -0.39 is 0 Å². The van der Waals surface area contributed by atoms with E-state index in [4.69, 9.17) is 4.74 Å². The molecule has 1 N–H and O–H groups in total. The zero-order valence-electron chi connectivity index (χ0n) is 12.7. The molecule has 0 bridgehead atoms.